The van der Waals surface area contributed by atoms with Gasteiger partial charge in [0.15, 0.2) is 0 Å². The fourth-order valence-electron chi connectivity index (χ4n) is 3.40. The van der Waals surface area contributed by atoms with E-state index in [-0.39, 0.29) is 10.0 Å². The largest absolute Gasteiger partial charge is 0.489 e. The number of halogens is 3. The van der Waals surface area contributed by atoms with E-state index in [1.54, 1.807) is 30.3 Å². The van der Waals surface area contributed by atoms with Crippen molar-refractivity contribution >= 4 is 51.9 Å². The molecule has 0 spiro atoms. The number of thiocarbonyl (C=S) groups is 1. The van der Waals surface area contributed by atoms with Gasteiger partial charge in [-0.15, -0.1) is 0 Å². The summed E-state index contributed by atoms with van der Waals surface area (Å²) >= 11 is 6.26. The highest BCUT2D eigenvalue weighted by atomic mass is 32.2. The zero-order valence-corrected chi connectivity index (χ0v) is 20.3. The van der Waals surface area contributed by atoms with Gasteiger partial charge < -0.3 is 10.1 Å². The molecule has 0 unspecified atom stereocenters. The van der Waals surface area contributed by atoms with Crippen LogP contribution in [0, 0.1) is 0 Å². The Morgan fingerprint density at radius 3 is 2.50 bits per heavy atom. The number of nitrogens with zero attached hydrogens (tertiary/aromatic N) is 1. The van der Waals surface area contributed by atoms with Crippen LogP contribution in [0.1, 0.15) is 16.7 Å². The number of nitrogens with one attached hydrogen (secondary N) is 1. The molecule has 1 saturated heterocycles. The molecule has 1 heterocycles. The average molecular weight is 529 g/mol. The summed E-state index contributed by atoms with van der Waals surface area (Å²) in [5.74, 6) is -0.675. The molecule has 1 N–H and O–H groups in total. The number of hydrogen-bond donors (Lipinski definition) is 1. The third kappa shape index (κ3) is 6.32. The summed E-state index contributed by atoms with van der Waals surface area (Å²) in [6, 6.07) is 21.5. The minimum atomic E-state index is -4.63. The number of hydrogen-bond acceptors (Lipinski definition) is 5. The average Bonchev–Trinajstić information content (AvgIpc) is 3.10. The molecule has 0 aliphatic carbocycles. The maximum Gasteiger partial charge on any atom is 0.418 e. The highest BCUT2D eigenvalue weighted by Crippen LogP contribution is 2.35. The number of alkyl halides is 3. The molecule has 5 nitrogen and oxygen atoms in total. The molecule has 3 aromatic rings. The van der Waals surface area contributed by atoms with Gasteiger partial charge in [-0.3, -0.25) is 14.5 Å². The molecular weight excluding hydrogens is 509 g/mol. The number of carbonyl (C=O) groups is 2. The molecule has 1 aliphatic rings. The number of carbonyl (C=O) groups excluding carboxylic acids is 2. The van der Waals surface area contributed by atoms with E-state index in [2.05, 4.69) is 5.32 Å². The van der Waals surface area contributed by atoms with Crippen molar-refractivity contribution in [2.75, 3.05) is 11.9 Å². The van der Waals surface area contributed by atoms with E-state index in [1.807, 2.05) is 30.3 Å². The van der Waals surface area contributed by atoms with Crippen molar-refractivity contribution in [1.29, 1.82) is 0 Å². The fourth-order valence-corrected chi connectivity index (χ4v) is 4.65. The van der Waals surface area contributed by atoms with Gasteiger partial charge in [-0.25, -0.2) is 0 Å². The lowest BCUT2D eigenvalue weighted by molar-refractivity contribution is -0.137. The van der Waals surface area contributed by atoms with E-state index < -0.39 is 30.1 Å². The number of ether oxygens (including phenoxy) is 1. The number of para-hydroxylation sites is 1. The van der Waals surface area contributed by atoms with Crippen molar-refractivity contribution in [3.63, 3.8) is 0 Å². The van der Waals surface area contributed by atoms with E-state index in [1.165, 1.54) is 12.1 Å². The quantitative estimate of drug-likeness (QED) is 0.296. The Balaban J connectivity index is 1.42. The Kier molecular flexibility index (Phi) is 7.76. The zero-order chi connectivity index (χ0) is 25.7. The van der Waals surface area contributed by atoms with E-state index in [0.717, 1.165) is 34.4 Å². The van der Waals surface area contributed by atoms with Gasteiger partial charge in [0.1, 0.15) is 23.2 Å². The van der Waals surface area contributed by atoms with Crippen LogP contribution in [-0.4, -0.2) is 27.6 Å². The van der Waals surface area contributed by atoms with Crippen molar-refractivity contribution in [3.05, 3.63) is 100 Å². The molecule has 184 valence electrons. The van der Waals surface area contributed by atoms with E-state index >= 15 is 0 Å². The van der Waals surface area contributed by atoms with Gasteiger partial charge in [0.05, 0.1) is 16.2 Å². The van der Waals surface area contributed by atoms with Crippen molar-refractivity contribution in [1.82, 2.24) is 4.90 Å². The molecule has 1 aliphatic heterocycles. The second kappa shape index (κ2) is 11.0. The molecule has 0 bridgehead atoms. The van der Waals surface area contributed by atoms with Gasteiger partial charge in [-0.2, -0.15) is 13.2 Å². The normalized spacial score (nSPS) is 14.9. The van der Waals surface area contributed by atoms with Crippen LogP contribution < -0.4 is 10.1 Å². The summed E-state index contributed by atoms with van der Waals surface area (Å²) in [5.41, 5.74) is 0.353. The first-order valence-corrected chi connectivity index (χ1v) is 11.9. The lowest BCUT2D eigenvalue weighted by Crippen LogP contribution is -2.36. The van der Waals surface area contributed by atoms with Crippen LogP contribution >= 0.6 is 24.0 Å². The first-order valence-electron chi connectivity index (χ1n) is 10.7. The Hall–Kier alpha value is -3.63. The van der Waals surface area contributed by atoms with Crippen molar-refractivity contribution in [2.45, 2.75) is 12.8 Å². The summed E-state index contributed by atoms with van der Waals surface area (Å²) in [4.78, 5) is 26.7. The van der Waals surface area contributed by atoms with Crippen LogP contribution in [0.25, 0.3) is 6.08 Å². The lowest BCUT2D eigenvalue weighted by Gasteiger charge is -2.16. The van der Waals surface area contributed by atoms with Crippen molar-refractivity contribution < 1.29 is 27.5 Å². The molecule has 0 saturated carbocycles. The predicted octanol–water partition coefficient (Wildman–Crippen LogP) is 6.12. The van der Waals surface area contributed by atoms with E-state index in [9.17, 15) is 22.8 Å². The highest BCUT2D eigenvalue weighted by Gasteiger charge is 2.35. The first kappa shape index (κ1) is 25.5. The molecule has 1 fully saturated rings. The van der Waals surface area contributed by atoms with Gasteiger partial charge >= 0.3 is 6.18 Å². The predicted molar refractivity (Wildman–Crippen MR) is 137 cm³/mol. The van der Waals surface area contributed by atoms with Crippen molar-refractivity contribution in [2.24, 2.45) is 0 Å². The Morgan fingerprint density at radius 1 is 1.03 bits per heavy atom. The monoisotopic (exact) mass is 528 g/mol. The third-order valence-corrected chi connectivity index (χ3v) is 6.46. The molecule has 0 atom stereocenters. The maximum atomic E-state index is 13.2. The SMILES string of the molecule is O=C(CN1C(=O)/C(=C/c2cccc(OCc3ccccc3)c2)SC1=S)Nc1ccccc1C(F)(F)F. The number of anilines is 1. The molecule has 2 amide bonds. The van der Waals surface area contributed by atoms with Crippen LogP contribution in [0.5, 0.6) is 5.75 Å². The van der Waals surface area contributed by atoms with Gasteiger partial charge in [0.25, 0.3) is 5.91 Å². The Bertz CT molecular complexity index is 1330. The minimum absolute atomic E-state index is 0.141. The Labute approximate surface area is 214 Å². The molecule has 0 aromatic heterocycles. The minimum Gasteiger partial charge on any atom is -0.489 e. The topological polar surface area (TPSA) is 58.6 Å². The summed E-state index contributed by atoms with van der Waals surface area (Å²) in [7, 11) is 0. The maximum absolute atomic E-state index is 13.2. The van der Waals surface area contributed by atoms with Crippen LogP contribution in [0.15, 0.2) is 83.8 Å². The van der Waals surface area contributed by atoms with E-state index in [0.29, 0.717) is 22.8 Å². The van der Waals surface area contributed by atoms with Crippen LogP contribution in [0.3, 0.4) is 0 Å². The molecule has 36 heavy (non-hydrogen) atoms. The van der Waals surface area contributed by atoms with Gasteiger partial charge in [-0.05, 0) is 41.5 Å². The number of benzene rings is 3. The summed E-state index contributed by atoms with van der Waals surface area (Å²) < 4.78 is 45.5. The van der Waals surface area contributed by atoms with Gasteiger partial charge in [0.2, 0.25) is 5.91 Å². The fraction of sp³-hybridized carbons (Fsp3) is 0.115. The molecule has 10 heteroatoms. The molecule has 3 aromatic carbocycles. The highest BCUT2D eigenvalue weighted by molar-refractivity contribution is 8.26. The standard InChI is InChI=1S/C26H19F3N2O3S2/c27-26(28,29)20-11-4-5-12-21(20)30-23(32)15-31-24(33)22(36-25(31)35)14-18-9-6-10-19(13-18)34-16-17-7-2-1-3-8-17/h1-14H,15-16H2,(H,30,32)/b22-14-. The van der Waals surface area contributed by atoms with Crippen LogP contribution in [0.2, 0.25) is 0 Å². The number of rotatable bonds is 7. The van der Waals surface area contributed by atoms with Crippen molar-refractivity contribution in [3.8, 4) is 5.75 Å². The molecule has 4 rings (SSSR count). The molecular formula is C26H19F3N2O3S2. The Morgan fingerprint density at radius 2 is 1.75 bits per heavy atom. The third-order valence-electron chi connectivity index (χ3n) is 5.09. The lowest BCUT2D eigenvalue weighted by atomic mass is 10.1. The first-order chi connectivity index (χ1) is 17.2. The zero-order valence-electron chi connectivity index (χ0n) is 18.6. The van der Waals surface area contributed by atoms with Crippen LogP contribution in [-0.2, 0) is 22.4 Å². The second-order valence-electron chi connectivity index (χ2n) is 7.71. The van der Waals surface area contributed by atoms with Gasteiger partial charge in [0, 0.05) is 0 Å². The summed E-state index contributed by atoms with van der Waals surface area (Å²) in [6.45, 7) is -0.118. The second-order valence-corrected chi connectivity index (χ2v) is 9.38. The molecule has 0 radical (unpaired) electrons. The van der Waals surface area contributed by atoms with Crippen LogP contribution in [0.4, 0.5) is 18.9 Å². The number of thioether (sulfide) groups is 1. The number of amides is 2. The van der Waals surface area contributed by atoms with Gasteiger partial charge in [-0.1, -0.05) is 78.6 Å². The van der Waals surface area contributed by atoms with E-state index in [4.69, 9.17) is 17.0 Å². The summed E-state index contributed by atoms with van der Waals surface area (Å²) in [6.07, 6.45) is -3.00. The smallest absolute Gasteiger partial charge is 0.418 e. The summed E-state index contributed by atoms with van der Waals surface area (Å²) in [5, 5.41) is 2.23.